The zero-order valence-electron chi connectivity index (χ0n) is 19.5. The monoisotopic (exact) mass is 473 g/mol. The number of benzene rings is 1. The molecule has 3 rings (SSSR count). The molecule has 0 unspecified atom stereocenters. The predicted octanol–water partition coefficient (Wildman–Crippen LogP) is 3.95. The molecule has 2 heterocycles. The van der Waals surface area contributed by atoms with E-state index >= 15 is 0 Å². The topological polar surface area (TPSA) is 91.5 Å². The van der Waals surface area contributed by atoms with Crippen LogP contribution in [0, 0.1) is 19.8 Å². The molecule has 0 saturated carbocycles. The molecule has 0 bridgehead atoms. The van der Waals surface area contributed by atoms with Crippen molar-refractivity contribution < 1.29 is 19.1 Å². The first-order valence-corrected chi connectivity index (χ1v) is 11.8. The molecule has 178 valence electrons. The van der Waals surface area contributed by atoms with Gasteiger partial charge in [0.1, 0.15) is 5.69 Å². The van der Waals surface area contributed by atoms with E-state index < -0.39 is 0 Å². The molecular formula is C25H32ClN3O4. The highest BCUT2D eigenvalue weighted by Gasteiger charge is 2.28. The quantitative estimate of drug-likeness (QED) is 0.568. The van der Waals surface area contributed by atoms with E-state index in [0.29, 0.717) is 49.8 Å². The van der Waals surface area contributed by atoms with Crippen LogP contribution in [-0.4, -0.2) is 47.4 Å². The Balaban J connectivity index is 1.53. The Morgan fingerprint density at radius 2 is 1.94 bits per heavy atom. The molecule has 7 nitrogen and oxygen atoms in total. The molecule has 1 aromatic carbocycles. The average Bonchev–Trinajstić information content (AvgIpc) is 3.10. The summed E-state index contributed by atoms with van der Waals surface area (Å²) in [5, 5.41) is 3.64. The molecular weight excluding hydrogens is 442 g/mol. The van der Waals surface area contributed by atoms with Gasteiger partial charge in [0.25, 0.3) is 0 Å². The van der Waals surface area contributed by atoms with Crippen LogP contribution in [0.4, 0.5) is 0 Å². The first kappa shape index (κ1) is 24.8. The second-order valence-corrected chi connectivity index (χ2v) is 8.91. The van der Waals surface area contributed by atoms with E-state index in [4.69, 9.17) is 16.3 Å². The average molecular weight is 474 g/mol. The van der Waals surface area contributed by atoms with Gasteiger partial charge in [-0.05, 0) is 68.9 Å². The van der Waals surface area contributed by atoms with Crippen LogP contribution >= 0.6 is 11.6 Å². The van der Waals surface area contributed by atoms with Gasteiger partial charge in [0, 0.05) is 36.8 Å². The predicted molar refractivity (Wildman–Crippen MR) is 127 cm³/mol. The van der Waals surface area contributed by atoms with Crippen LogP contribution in [-0.2, 0) is 27.3 Å². The number of piperidine rings is 1. The van der Waals surface area contributed by atoms with E-state index in [1.807, 2.05) is 26.0 Å². The minimum Gasteiger partial charge on any atom is -0.461 e. The number of nitrogens with one attached hydrogen (secondary N) is 2. The highest BCUT2D eigenvalue weighted by atomic mass is 35.5. The molecule has 1 fully saturated rings. The summed E-state index contributed by atoms with van der Waals surface area (Å²) in [6.45, 7) is 7.40. The van der Waals surface area contributed by atoms with Gasteiger partial charge in [0.15, 0.2) is 0 Å². The third-order valence-corrected chi connectivity index (χ3v) is 6.44. The summed E-state index contributed by atoms with van der Waals surface area (Å²) in [4.78, 5) is 42.6. The number of halogens is 1. The number of hydrogen-bond acceptors (Lipinski definition) is 4. The number of esters is 1. The molecule has 2 amide bonds. The Morgan fingerprint density at radius 1 is 1.21 bits per heavy atom. The van der Waals surface area contributed by atoms with Gasteiger partial charge in [-0.1, -0.05) is 23.7 Å². The molecule has 2 aromatic rings. The lowest BCUT2D eigenvalue weighted by molar-refractivity contribution is -0.135. The molecule has 2 N–H and O–H groups in total. The van der Waals surface area contributed by atoms with Crippen molar-refractivity contribution in [3.05, 3.63) is 57.4 Å². The number of aromatic amines is 1. The number of ether oxygens (including phenoxy) is 1. The Kier molecular flexibility index (Phi) is 8.55. The number of carbonyl (C=O) groups is 3. The molecule has 0 aliphatic carbocycles. The summed E-state index contributed by atoms with van der Waals surface area (Å²) < 4.78 is 5.10. The summed E-state index contributed by atoms with van der Waals surface area (Å²) in [5.41, 5.74) is 4.11. The molecule has 0 spiro atoms. The maximum Gasteiger partial charge on any atom is 0.355 e. The molecule has 1 aliphatic rings. The standard InChI is InChI=1S/C25H32ClN3O4/c1-4-33-25(32)23-16(2)21(17(3)28-23)11-12-22(30)29-13-5-6-19(15-29)24(31)27-14-18-7-9-20(26)10-8-18/h7-10,19,28H,4-6,11-15H2,1-3H3,(H,27,31)/t19-/m0/s1. The number of H-pyrrole nitrogens is 1. The number of hydrogen-bond donors (Lipinski definition) is 2. The highest BCUT2D eigenvalue weighted by molar-refractivity contribution is 6.30. The zero-order chi connectivity index (χ0) is 24.0. The normalized spacial score (nSPS) is 15.9. The third kappa shape index (κ3) is 6.38. The Labute approximate surface area is 199 Å². The van der Waals surface area contributed by atoms with Gasteiger partial charge in [-0.15, -0.1) is 0 Å². The van der Waals surface area contributed by atoms with E-state index in [1.165, 1.54) is 0 Å². The second-order valence-electron chi connectivity index (χ2n) is 8.47. The van der Waals surface area contributed by atoms with Gasteiger partial charge < -0.3 is 19.9 Å². The van der Waals surface area contributed by atoms with Gasteiger partial charge in [0.2, 0.25) is 11.8 Å². The number of carbonyl (C=O) groups excluding carboxylic acids is 3. The van der Waals surface area contributed by atoms with Crippen molar-refractivity contribution >= 4 is 29.4 Å². The lowest BCUT2D eigenvalue weighted by atomic mass is 9.96. The number of amides is 2. The zero-order valence-corrected chi connectivity index (χ0v) is 20.3. The van der Waals surface area contributed by atoms with Crippen molar-refractivity contribution in [3.8, 4) is 0 Å². The summed E-state index contributed by atoms with van der Waals surface area (Å²) in [6.07, 6.45) is 2.45. The van der Waals surface area contributed by atoms with Gasteiger partial charge in [0.05, 0.1) is 12.5 Å². The fourth-order valence-electron chi connectivity index (χ4n) is 4.31. The van der Waals surface area contributed by atoms with Crippen molar-refractivity contribution in [1.29, 1.82) is 0 Å². The molecule has 1 aromatic heterocycles. The highest BCUT2D eigenvalue weighted by Crippen LogP contribution is 2.22. The van der Waals surface area contributed by atoms with Crippen LogP contribution in [0.2, 0.25) is 5.02 Å². The smallest absolute Gasteiger partial charge is 0.355 e. The Hall–Kier alpha value is -2.80. The number of nitrogens with zero attached hydrogens (tertiary/aromatic N) is 1. The maximum absolute atomic E-state index is 12.9. The van der Waals surface area contributed by atoms with Gasteiger partial charge >= 0.3 is 5.97 Å². The molecule has 1 atom stereocenters. The minimum atomic E-state index is -0.376. The number of likely N-dealkylation sites (tertiary alicyclic amines) is 1. The SMILES string of the molecule is CCOC(=O)c1[nH]c(C)c(CCC(=O)N2CCC[C@H](C(=O)NCc3ccc(Cl)cc3)C2)c1C. The minimum absolute atomic E-state index is 0.0288. The van der Waals surface area contributed by atoms with Crippen molar-refractivity contribution in [2.75, 3.05) is 19.7 Å². The third-order valence-electron chi connectivity index (χ3n) is 6.19. The number of rotatable bonds is 8. The summed E-state index contributed by atoms with van der Waals surface area (Å²) in [5.74, 6) is -0.581. The van der Waals surface area contributed by atoms with Crippen LogP contribution in [0.25, 0.3) is 0 Å². The lowest BCUT2D eigenvalue weighted by Gasteiger charge is -2.32. The maximum atomic E-state index is 12.9. The van der Waals surface area contributed by atoms with E-state index in [9.17, 15) is 14.4 Å². The van der Waals surface area contributed by atoms with Gasteiger partial charge in [-0.25, -0.2) is 4.79 Å². The van der Waals surface area contributed by atoms with Crippen LogP contribution in [0.1, 0.15) is 59.1 Å². The van der Waals surface area contributed by atoms with E-state index in [-0.39, 0.29) is 23.7 Å². The van der Waals surface area contributed by atoms with Crippen molar-refractivity contribution in [2.45, 2.75) is 53.0 Å². The summed E-state index contributed by atoms with van der Waals surface area (Å²) >= 11 is 5.90. The first-order chi connectivity index (χ1) is 15.8. The fraction of sp³-hybridized carbons (Fsp3) is 0.480. The van der Waals surface area contributed by atoms with Gasteiger partial charge in [-0.2, -0.15) is 0 Å². The van der Waals surface area contributed by atoms with Crippen molar-refractivity contribution in [1.82, 2.24) is 15.2 Å². The molecule has 1 aliphatic heterocycles. The van der Waals surface area contributed by atoms with E-state index in [1.54, 1.807) is 24.0 Å². The second kappa shape index (κ2) is 11.4. The lowest BCUT2D eigenvalue weighted by Crippen LogP contribution is -2.45. The Bertz CT molecular complexity index is 1000. The summed E-state index contributed by atoms with van der Waals surface area (Å²) in [6, 6.07) is 7.37. The van der Waals surface area contributed by atoms with Crippen LogP contribution < -0.4 is 5.32 Å². The first-order valence-electron chi connectivity index (χ1n) is 11.4. The number of aromatic nitrogens is 1. The molecule has 8 heteroatoms. The van der Waals surface area contributed by atoms with Gasteiger partial charge in [-0.3, -0.25) is 9.59 Å². The van der Waals surface area contributed by atoms with Crippen molar-refractivity contribution in [3.63, 3.8) is 0 Å². The largest absolute Gasteiger partial charge is 0.461 e. The molecule has 33 heavy (non-hydrogen) atoms. The van der Waals surface area contributed by atoms with Crippen LogP contribution in [0.5, 0.6) is 0 Å². The molecule has 1 saturated heterocycles. The van der Waals surface area contributed by atoms with Crippen molar-refractivity contribution in [2.24, 2.45) is 5.92 Å². The Morgan fingerprint density at radius 3 is 2.64 bits per heavy atom. The van der Waals surface area contributed by atoms with Crippen LogP contribution in [0.15, 0.2) is 24.3 Å². The van der Waals surface area contributed by atoms with E-state index in [2.05, 4.69) is 10.3 Å². The van der Waals surface area contributed by atoms with E-state index in [0.717, 1.165) is 35.2 Å². The fourth-order valence-corrected chi connectivity index (χ4v) is 4.44. The number of aryl methyl sites for hydroxylation is 1. The molecule has 0 radical (unpaired) electrons. The van der Waals surface area contributed by atoms with Crippen LogP contribution in [0.3, 0.4) is 0 Å². The summed E-state index contributed by atoms with van der Waals surface area (Å²) in [7, 11) is 0.